The van der Waals surface area contributed by atoms with Gasteiger partial charge in [0.1, 0.15) is 0 Å². The highest BCUT2D eigenvalue weighted by Crippen LogP contribution is 1.75. The smallest absolute Gasteiger partial charge is 0.291 e. The summed E-state index contributed by atoms with van der Waals surface area (Å²) in [5.41, 5.74) is 0. The number of hydrogen-bond acceptors (Lipinski definition) is 3. The molecule has 0 aromatic rings. The molecule has 0 unspecified atom stereocenters. The van der Waals surface area contributed by atoms with Gasteiger partial charge in [-0.05, 0) is 13.3 Å². The first-order valence-electron chi connectivity index (χ1n) is 2.70. The summed E-state index contributed by atoms with van der Waals surface area (Å²) >= 11 is 0. The van der Waals surface area contributed by atoms with E-state index in [9.17, 15) is 0 Å². The van der Waals surface area contributed by atoms with Crippen LogP contribution in [0.15, 0.2) is 12.2 Å². The van der Waals surface area contributed by atoms with E-state index in [1.807, 2.05) is 19.1 Å². The zero-order valence-electron chi connectivity index (χ0n) is 5.73. The molecule has 0 aromatic carbocycles. The number of nitrogens with zero attached hydrogens (tertiary/aromatic N) is 1. The summed E-state index contributed by atoms with van der Waals surface area (Å²) in [6.45, 7) is 2.21. The van der Waals surface area contributed by atoms with Crippen molar-refractivity contribution >= 4 is 0 Å². The Morgan fingerprint density at radius 3 is 2.20 bits per heavy atom. The van der Waals surface area contributed by atoms with Gasteiger partial charge in [0, 0.05) is 6.61 Å². The molecule has 0 amide bonds. The molecule has 0 rings (SSSR count). The van der Waals surface area contributed by atoms with Crippen molar-refractivity contribution < 1.29 is 15.4 Å². The summed E-state index contributed by atoms with van der Waals surface area (Å²) in [6.07, 6.45) is 4.65. The maximum absolute atomic E-state index is 8.36. The number of hydrogen-bond donors (Lipinski definition) is 2. The van der Waals surface area contributed by atoms with Gasteiger partial charge >= 0.3 is 0 Å². The number of rotatable bonds is 2. The summed E-state index contributed by atoms with van der Waals surface area (Å²) in [6, 6.07) is 0. The normalized spacial score (nSPS) is 8.60. The Labute approximate surface area is 58.7 Å². The van der Waals surface area contributed by atoms with E-state index in [0.29, 0.717) is 0 Å². The molecule has 60 valence electrons. The lowest BCUT2D eigenvalue weighted by Crippen LogP contribution is -1.81. The van der Waals surface area contributed by atoms with Gasteiger partial charge in [-0.3, -0.25) is 0 Å². The second kappa shape index (κ2) is 10.8. The molecule has 0 aliphatic rings. The van der Waals surface area contributed by atoms with Crippen molar-refractivity contribution in [2.75, 3.05) is 6.61 Å². The number of allylic oxidation sites excluding steroid dienone is 1. The third-order valence-electron chi connectivity index (χ3n) is 0.531. The highest BCUT2D eigenvalue weighted by Gasteiger charge is 1.66. The molecule has 0 fully saturated rings. The predicted octanol–water partition coefficient (Wildman–Crippen LogP) is 0.597. The zero-order chi connectivity index (χ0) is 8.41. The van der Waals surface area contributed by atoms with Gasteiger partial charge in [0.05, 0.1) is 0 Å². The third kappa shape index (κ3) is 66.5. The van der Waals surface area contributed by atoms with Crippen LogP contribution in [0.5, 0.6) is 0 Å². The van der Waals surface area contributed by atoms with Crippen molar-refractivity contribution in [3.8, 4) is 0 Å². The molecule has 10 heavy (non-hydrogen) atoms. The van der Waals surface area contributed by atoms with Crippen molar-refractivity contribution in [3.05, 3.63) is 22.3 Å². The molecular formula is C5H11NO4. The van der Waals surface area contributed by atoms with Crippen LogP contribution in [0.2, 0.25) is 0 Å². The lowest BCUT2D eigenvalue weighted by atomic mass is 10.4. The van der Waals surface area contributed by atoms with Gasteiger partial charge in [0.25, 0.3) is 5.09 Å². The van der Waals surface area contributed by atoms with Crippen LogP contribution in [0.1, 0.15) is 13.3 Å². The van der Waals surface area contributed by atoms with Crippen molar-refractivity contribution in [1.82, 2.24) is 0 Å². The number of aliphatic hydroxyl groups is 1. The van der Waals surface area contributed by atoms with Crippen LogP contribution < -0.4 is 0 Å². The predicted molar refractivity (Wildman–Crippen MR) is 35.3 cm³/mol. The molecule has 0 saturated heterocycles. The highest BCUT2D eigenvalue weighted by molar-refractivity contribution is 4.75. The fourth-order valence-electron chi connectivity index (χ4n) is 0.241. The Morgan fingerprint density at radius 2 is 2.10 bits per heavy atom. The molecule has 0 heterocycles. The number of aliphatic hydroxyl groups excluding tert-OH is 1. The Hall–Kier alpha value is -1.10. The average molecular weight is 149 g/mol. The van der Waals surface area contributed by atoms with Crippen molar-refractivity contribution in [2.24, 2.45) is 0 Å². The maximum Gasteiger partial charge on any atom is 0.291 e. The molecule has 0 aliphatic carbocycles. The monoisotopic (exact) mass is 149 g/mol. The zero-order valence-corrected chi connectivity index (χ0v) is 5.73. The summed E-state index contributed by atoms with van der Waals surface area (Å²) in [5.74, 6) is 0. The molecule has 5 heteroatoms. The van der Waals surface area contributed by atoms with Crippen LogP contribution in [0, 0.1) is 10.1 Å². The van der Waals surface area contributed by atoms with Gasteiger partial charge in [0.15, 0.2) is 0 Å². The minimum Gasteiger partial charge on any atom is -0.396 e. The van der Waals surface area contributed by atoms with Crippen LogP contribution in [0.3, 0.4) is 0 Å². The Kier molecular flexibility index (Phi) is 12.6. The fourth-order valence-corrected chi connectivity index (χ4v) is 0.241. The Morgan fingerprint density at radius 1 is 1.70 bits per heavy atom. The quantitative estimate of drug-likeness (QED) is 0.342. The average Bonchev–Trinajstić information content (AvgIpc) is 1.82. The van der Waals surface area contributed by atoms with Gasteiger partial charge in [-0.2, -0.15) is 0 Å². The molecule has 0 aromatic heterocycles. The van der Waals surface area contributed by atoms with Gasteiger partial charge in [0.2, 0.25) is 0 Å². The van der Waals surface area contributed by atoms with E-state index < -0.39 is 5.09 Å². The first-order chi connectivity index (χ1) is 4.65. The maximum atomic E-state index is 8.36. The Balaban J connectivity index is 0. The van der Waals surface area contributed by atoms with Crippen LogP contribution in [-0.4, -0.2) is 22.0 Å². The van der Waals surface area contributed by atoms with Crippen LogP contribution in [0.25, 0.3) is 0 Å². The van der Waals surface area contributed by atoms with E-state index in [1.165, 1.54) is 0 Å². The van der Waals surface area contributed by atoms with E-state index in [1.54, 1.807) is 0 Å². The van der Waals surface area contributed by atoms with Gasteiger partial charge in [-0.25, -0.2) is 0 Å². The first-order valence-corrected chi connectivity index (χ1v) is 2.70. The highest BCUT2D eigenvalue weighted by atomic mass is 16.9. The Bertz CT molecular complexity index is 97.8. The standard InChI is InChI=1S/C5H10O.HNO3/c1-2-3-4-5-6;2-1(3)4/h2-3,6H,4-5H2,1H3;(H,2,3,4). The fraction of sp³-hybridized carbons (Fsp3) is 0.600. The van der Waals surface area contributed by atoms with Crippen molar-refractivity contribution in [3.63, 3.8) is 0 Å². The van der Waals surface area contributed by atoms with Gasteiger partial charge < -0.3 is 10.3 Å². The first kappa shape index (κ1) is 11.7. The van der Waals surface area contributed by atoms with Crippen LogP contribution in [-0.2, 0) is 0 Å². The third-order valence-corrected chi connectivity index (χ3v) is 0.531. The largest absolute Gasteiger partial charge is 0.396 e. The molecule has 0 aliphatic heterocycles. The molecule has 0 radical (unpaired) electrons. The van der Waals surface area contributed by atoms with Crippen molar-refractivity contribution in [2.45, 2.75) is 13.3 Å². The van der Waals surface area contributed by atoms with E-state index in [2.05, 4.69) is 0 Å². The molecule has 0 bridgehead atoms. The second-order valence-corrected chi connectivity index (χ2v) is 1.32. The lowest BCUT2D eigenvalue weighted by molar-refractivity contribution is -0.742. The molecule has 0 saturated carbocycles. The molecular weight excluding hydrogens is 138 g/mol. The molecule has 5 nitrogen and oxygen atoms in total. The van der Waals surface area contributed by atoms with E-state index in [-0.39, 0.29) is 6.61 Å². The van der Waals surface area contributed by atoms with Crippen LogP contribution >= 0.6 is 0 Å². The summed E-state index contributed by atoms with van der Waals surface area (Å²) in [4.78, 5) is 8.36. The second-order valence-electron chi connectivity index (χ2n) is 1.32. The molecule has 0 spiro atoms. The summed E-state index contributed by atoms with van der Waals surface area (Å²) < 4.78 is 0. The van der Waals surface area contributed by atoms with Gasteiger partial charge in [-0.15, -0.1) is 10.1 Å². The topological polar surface area (TPSA) is 83.6 Å². The van der Waals surface area contributed by atoms with Crippen LogP contribution in [0.4, 0.5) is 0 Å². The molecule has 2 N–H and O–H groups in total. The van der Waals surface area contributed by atoms with Crippen molar-refractivity contribution in [1.29, 1.82) is 0 Å². The summed E-state index contributed by atoms with van der Waals surface area (Å²) in [7, 11) is 0. The minimum atomic E-state index is -1.50. The van der Waals surface area contributed by atoms with E-state index >= 15 is 0 Å². The van der Waals surface area contributed by atoms with Gasteiger partial charge in [-0.1, -0.05) is 12.2 Å². The van der Waals surface area contributed by atoms with E-state index in [0.717, 1.165) is 6.42 Å². The van der Waals surface area contributed by atoms with E-state index in [4.69, 9.17) is 20.4 Å². The molecule has 0 atom stereocenters. The SMILES string of the molecule is CC=CCCO.O=[N+]([O-])O. The lowest BCUT2D eigenvalue weighted by Gasteiger charge is -1.76. The minimum absolute atomic E-state index is 0.268. The summed E-state index contributed by atoms with van der Waals surface area (Å²) in [5, 5.41) is 21.8.